The maximum atomic E-state index is 12.3. The van der Waals surface area contributed by atoms with E-state index in [2.05, 4.69) is 22.5 Å². The summed E-state index contributed by atoms with van der Waals surface area (Å²) in [5, 5.41) is 6.98. The molecule has 1 aliphatic rings. The van der Waals surface area contributed by atoms with E-state index in [1.54, 1.807) is 23.1 Å². The van der Waals surface area contributed by atoms with E-state index >= 15 is 0 Å². The molecule has 0 unspecified atom stereocenters. The number of nitrogens with zero attached hydrogens (tertiary/aromatic N) is 1. The van der Waals surface area contributed by atoms with Crippen molar-refractivity contribution in [2.45, 2.75) is 30.6 Å². The van der Waals surface area contributed by atoms with Gasteiger partial charge in [-0.2, -0.15) is 0 Å². The Morgan fingerprint density at radius 1 is 1.35 bits per heavy atom. The van der Waals surface area contributed by atoms with E-state index in [-0.39, 0.29) is 5.91 Å². The molecule has 0 bridgehead atoms. The highest BCUT2D eigenvalue weighted by molar-refractivity contribution is 7.99. The van der Waals surface area contributed by atoms with Crippen LogP contribution in [0.1, 0.15) is 40.9 Å². The molecule has 0 aliphatic carbocycles. The second-order valence-corrected chi connectivity index (χ2v) is 7.90. The van der Waals surface area contributed by atoms with E-state index in [0.717, 1.165) is 31.7 Å². The molecule has 2 N–H and O–H groups in total. The van der Waals surface area contributed by atoms with E-state index in [0.29, 0.717) is 16.6 Å². The van der Waals surface area contributed by atoms with Crippen LogP contribution >= 0.6 is 23.1 Å². The van der Waals surface area contributed by atoms with Crippen molar-refractivity contribution in [2.24, 2.45) is 0 Å². The first-order valence-electron chi connectivity index (χ1n) is 7.97. The highest BCUT2D eigenvalue weighted by Crippen LogP contribution is 2.31. The molecule has 3 rings (SSSR count). The maximum Gasteiger partial charge on any atom is 0.257 e. The van der Waals surface area contributed by atoms with Crippen LogP contribution in [0, 0.1) is 0 Å². The minimum atomic E-state index is -0.0933. The molecule has 0 saturated carbocycles. The van der Waals surface area contributed by atoms with E-state index in [1.807, 2.05) is 30.5 Å². The van der Waals surface area contributed by atoms with Crippen molar-refractivity contribution in [3.8, 4) is 0 Å². The normalized spacial score (nSPS) is 15.5. The lowest BCUT2D eigenvalue weighted by Gasteiger charge is -2.20. The number of rotatable bonds is 5. The number of nitrogens with one attached hydrogen (secondary N) is 2. The zero-order chi connectivity index (χ0) is 16.1. The minimum Gasteiger partial charge on any atom is -0.317 e. The van der Waals surface area contributed by atoms with Crippen molar-refractivity contribution in [2.75, 3.05) is 24.2 Å². The van der Waals surface area contributed by atoms with Gasteiger partial charge < -0.3 is 5.32 Å². The highest BCUT2D eigenvalue weighted by atomic mass is 32.2. The number of carbonyl (C=O) groups excluding carboxylic acids is 1. The summed E-state index contributed by atoms with van der Waals surface area (Å²) in [4.78, 5) is 19.1. The lowest BCUT2D eigenvalue weighted by molar-refractivity contribution is 0.102. The molecular formula is C17H21N3OS2. The van der Waals surface area contributed by atoms with Gasteiger partial charge in [0.25, 0.3) is 5.91 Å². The molecule has 0 radical (unpaired) electrons. The fourth-order valence-corrected chi connectivity index (χ4v) is 4.32. The third-order valence-electron chi connectivity index (χ3n) is 3.91. The molecule has 0 atom stereocenters. The fourth-order valence-electron chi connectivity index (χ4n) is 2.68. The zero-order valence-electron chi connectivity index (χ0n) is 13.2. The summed E-state index contributed by atoms with van der Waals surface area (Å²) in [5.74, 6) is 1.51. The van der Waals surface area contributed by atoms with Gasteiger partial charge in [0.15, 0.2) is 5.13 Å². The first-order valence-corrected chi connectivity index (χ1v) is 9.77. The molecule has 1 saturated heterocycles. The summed E-state index contributed by atoms with van der Waals surface area (Å²) in [5.41, 5.74) is 0.670. The number of piperidine rings is 1. The minimum absolute atomic E-state index is 0.0933. The fraction of sp³-hybridized carbons (Fsp3) is 0.412. The van der Waals surface area contributed by atoms with E-state index in [1.165, 1.54) is 9.77 Å². The number of hydrogen-bond donors (Lipinski definition) is 2. The van der Waals surface area contributed by atoms with Crippen LogP contribution in [0.25, 0.3) is 0 Å². The van der Waals surface area contributed by atoms with Crippen LogP contribution in [-0.4, -0.2) is 29.7 Å². The molecule has 1 aromatic carbocycles. The molecule has 23 heavy (non-hydrogen) atoms. The second-order valence-electron chi connectivity index (χ2n) is 5.50. The van der Waals surface area contributed by atoms with Crippen LogP contribution in [0.4, 0.5) is 5.13 Å². The Labute approximate surface area is 145 Å². The maximum absolute atomic E-state index is 12.3. The third-order valence-corrected chi connectivity index (χ3v) is 5.88. The Morgan fingerprint density at radius 3 is 2.78 bits per heavy atom. The third kappa shape index (κ3) is 4.34. The lowest BCUT2D eigenvalue weighted by Crippen LogP contribution is -2.26. The predicted octanol–water partition coefficient (Wildman–Crippen LogP) is 3.97. The highest BCUT2D eigenvalue weighted by Gasteiger charge is 2.18. The smallest absolute Gasteiger partial charge is 0.257 e. The number of benzene rings is 1. The average Bonchev–Trinajstić information content (AvgIpc) is 3.05. The van der Waals surface area contributed by atoms with Gasteiger partial charge in [-0.3, -0.25) is 10.1 Å². The number of thiazole rings is 1. The first kappa shape index (κ1) is 16.5. The van der Waals surface area contributed by atoms with Gasteiger partial charge in [0.05, 0.1) is 0 Å². The molecule has 122 valence electrons. The Morgan fingerprint density at radius 2 is 2.09 bits per heavy atom. The van der Waals surface area contributed by atoms with E-state index < -0.39 is 0 Å². The average molecular weight is 348 g/mol. The number of hydrogen-bond acceptors (Lipinski definition) is 5. The number of anilines is 1. The SMILES string of the molecule is CCSc1ccc(C(=O)Nc2ncc(C3CCNCC3)s2)cc1. The van der Waals surface area contributed by atoms with Crippen molar-refractivity contribution in [3.05, 3.63) is 40.9 Å². The summed E-state index contributed by atoms with van der Waals surface area (Å²) in [7, 11) is 0. The lowest BCUT2D eigenvalue weighted by atomic mass is 9.97. The molecule has 0 spiro atoms. The second kappa shape index (κ2) is 7.95. The monoisotopic (exact) mass is 347 g/mol. The largest absolute Gasteiger partial charge is 0.317 e. The van der Waals surface area contributed by atoms with Crippen LogP contribution in [0.2, 0.25) is 0 Å². The van der Waals surface area contributed by atoms with Crippen molar-refractivity contribution < 1.29 is 4.79 Å². The van der Waals surface area contributed by atoms with Crippen LogP contribution < -0.4 is 10.6 Å². The van der Waals surface area contributed by atoms with Gasteiger partial charge in [-0.25, -0.2) is 4.98 Å². The van der Waals surface area contributed by atoms with Gasteiger partial charge in [-0.15, -0.1) is 23.1 Å². The van der Waals surface area contributed by atoms with Gasteiger partial charge in [-0.1, -0.05) is 6.92 Å². The molecule has 2 heterocycles. The number of carbonyl (C=O) groups is 1. The Balaban J connectivity index is 1.62. The van der Waals surface area contributed by atoms with Gasteiger partial charge in [-0.05, 0) is 61.9 Å². The van der Waals surface area contributed by atoms with Gasteiger partial charge in [0.2, 0.25) is 0 Å². The number of amides is 1. The molecule has 6 heteroatoms. The molecule has 1 aromatic heterocycles. The molecular weight excluding hydrogens is 326 g/mol. The van der Waals surface area contributed by atoms with Crippen molar-refractivity contribution >= 4 is 34.1 Å². The standard InChI is InChI=1S/C17H21N3OS2/c1-2-22-14-5-3-13(4-6-14)16(21)20-17-19-11-15(23-17)12-7-9-18-10-8-12/h3-6,11-12,18H,2,7-10H2,1H3,(H,19,20,21). The number of aromatic nitrogens is 1. The van der Waals surface area contributed by atoms with Gasteiger partial charge in [0.1, 0.15) is 0 Å². The van der Waals surface area contributed by atoms with Crippen LogP contribution in [0.3, 0.4) is 0 Å². The summed E-state index contributed by atoms with van der Waals surface area (Å²) >= 11 is 3.37. The van der Waals surface area contributed by atoms with Crippen LogP contribution in [-0.2, 0) is 0 Å². The quantitative estimate of drug-likeness (QED) is 0.804. The topological polar surface area (TPSA) is 54.0 Å². The van der Waals surface area contributed by atoms with Crippen molar-refractivity contribution in [1.29, 1.82) is 0 Å². The Hall–Kier alpha value is -1.37. The van der Waals surface area contributed by atoms with Crippen molar-refractivity contribution in [1.82, 2.24) is 10.3 Å². The summed E-state index contributed by atoms with van der Waals surface area (Å²) in [6, 6.07) is 7.72. The van der Waals surface area contributed by atoms with Crippen LogP contribution in [0.15, 0.2) is 35.4 Å². The van der Waals surface area contributed by atoms with E-state index in [4.69, 9.17) is 0 Å². The van der Waals surface area contributed by atoms with Crippen molar-refractivity contribution in [3.63, 3.8) is 0 Å². The van der Waals surface area contributed by atoms with Crippen LogP contribution in [0.5, 0.6) is 0 Å². The Bertz CT molecular complexity index is 648. The molecule has 1 fully saturated rings. The Kier molecular flexibility index (Phi) is 5.70. The zero-order valence-corrected chi connectivity index (χ0v) is 14.8. The number of thioether (sulfide) groups is 1. The molecule has 1 aliphatic heterocycles. The summed E-state index contributed by atoms with van der Waals surface area (Å²) in [6.45, 7) is 4.24. The first-order chi connectivity index (χ1) is 11.3. The molecule has 2 aromatic rings. The summed E-state index contributed by atoms with van der Waals surface area (Å²) in [6.07, 6.45) is 4.20. The predicted molar refractivity (Wildman–Crippen MR) is 97.8 cm³/mol. The summed E-state index contributed by atoms with van der Waals surface area (Å²) < 4.78 is 0. The molecule has 1 amide bonds. The van der Waals surface area contributed by atoms with Gasteiger partial charge in [0, 0.05) is 21.5 Å². The van der Waals surface area contributed by atoms with Gasteiger partial charge >= 0.3 is 0 Å². The van der Waals surface area contributed by atoms with E-state index in [9.17, 15) is 4.79 Å². The molecule has 4 nitrogen and oxygen atoms in total.